The second-order valence-electron chi connectivity index (χ2n) is 6.81. The second-order valence-corrected chi connectivity index (χ2v) is 6.81. The number of benzene rings is 1. The van der Waals surface area contributed by atoms with E-state index in [0.29, 0.717) is 18.3 Å². The minimum Gasteiger partial charge on any atom is -0.496 e. The van der Waals surface area contributed by atoms with Gasteiger partial charge < -0.3 is 20.1 Å². The van der Waals surface area contributed by atoms with Crippen molar-refractivity contribution in [1.82, 2.24) is 0 Å². The average Bonchev–Trinajstić information content (AvgIpc) is 2.84. The van der Waals surface area contributed by atoms with E-state index in [-0.39, 0.29) is 18.6 Å². The van der Waals surface area contributed by atoms with Crippen LogP contribution in [-0.2, 0) is 12.8 Å². The molecule has 0 radical (unpaired) electrons. The largest absolute Gasteiger partial charge is 0.496 e. The third kappa shape index (κ3) is 2.87. The molecule has 3 rings (SSSR count). The van der Waals surface area contributed by atoms with Crippen molar-refractivity contribution in [3.05, 3.63) is 29.3 Å². The molecule has 0 saturated heterocycles. The Morgan fingerprint density at radius 2 is 2.14 bits per heavy atom. The van der Waals surface area contributed by atoms with Gasteiger partial charge in [-0.1, -0.05) is 12.1 Å². The maximum atomic E-state index is 10.4. The van der Waals surface area contributed by atoms with Crippen molar-refractivity contribution >= 4 is 0 Å². The Hall–Kier alpha value is -1.10. The lowest BCUT2D eigenvalue weighted by Crippen LogP contribution is -2.28. The Morgan fingerprint density at radius 1 is 1.32 bits per heavy atom. The van der Waals surface area contributed by atoms with Gasteiger partial charge in [-0.15, -0.1) is 0 Å². The van der Waals surface area contributed by atoms with Crippen molar-refractivity contribution in [3.8, 4) is 5.75 Å². The molecule has 2 aliphatic rings. The number of ether oxygens (including phenoxy) is 1. The molecule has 0 aliphatic heterocycles. The minimum absolute atomic E-state index is 0.197. The third-order valence-corrected chi connectivity index (χ3v) is 5.61. The first-order valence-electron chi connectivity index (χ1n) is 8.25. The quantitative estimate of drug-likeness (QED) is 0.772. The summed E-state index contributed by atoms with van der Waals surface area (Å²) in [7, 11) is 1.71. The predicted molar refractivity (Wildman–Crippen MR) is 83.8 cm³/mol. The highest BCUT2D eigenvalue weighted by Crippen LogP contribution is 2.48. The van der Waals surface area contributed by atoms with Crippen molar-refractivity contribution in [2.75, 3.05) is 13.7 Å². The molecule has 4 heteroatoms. The normalized spacial score (nSPS) is 31.5. The van der Waals surface area contributed by atoms with Crippen LogP contribution in [0, 0.1) is 17.8 Å². The molecule has 5 unspecified atom stereocenters. The molecule has 1 aromatic rings. The van der Waals surface area contributed by atoms with Crippen molar-refractivity contribution in [3.63, 3.8) is 0 Å². The first-order valence-corrected chi connectivity index (χ1v) is 8.25. The summed E-state index contributed by atoms with van der Waals surface area (Å²) in [5.41, 5.74) is 2.64. The molecular formula is C18H26O4. The van der Waals surface area contributed by atoms with E-state index in [1.807, 2.05) is 12.1 Å². The Kier molecular flexibility index (Phi) is 4.71. The van der Waals surface area contributed by atoms with Crippen LogP contribution in [0.3, 0.4) is 0 Å². The van der Waals surface area contributed by atoms with Gasteiger partial charge in [0.05, 0.1) is 25.9 Å². The molecule has 0 amide bonds. The smallest absolute Gasteiger partial charge is 0.122 e. The molecular weight excluding hydrogens is 280 g/mol. The van der Waals surface area contributed by atoms with Crippen molar-refractivity contribution < 1.29 is 20.1 Å². The predicted octanol–water partition coefficient (Wildman–Crippen LogP) is 1.54. The van der Waals surface area contributed by atoms with E-state index in [1.165, 1.54) is 11.1 Å². The summed E-state index contributed by atoms with van der Waals surface area (Å²) in [6, 6.07) is 6.21. The van der Waals surface area contributed by atoms with Crippen LogP contribution in [0.15, 0.2) is 18.2 Å². The standard InChI is InChI=1S/C18H26O4/c1-22-18-4-2-3-11-7-15-12(8-16(11)18)9-17(21)14(15)6-5-13(20)10-19/h2-4,12-15,17,19-21H,5-10H2,1H3. The molecule has 22 heavy (non-hydrogen) atoms. The van der Waals surface area contributed by atoms with E-state index < -0.39 is 6.10 Å². The van der Waals surface area contributed by atoms with Gasteiger partial charge in [0.15, 0.2) is 0 Å². The lowest BCUT2D eigenvalue weighted by atomic mass is 9.73. The zero-order valence-corrected chi connectivity index (χ0v) is 13.1. The number of aliphatic hydroxyl groups excluding tert-OH is 3. The van der Waals surface area contributed by atoms with Gasteiger partial charge in [-0.3, -0.25) is 0 Å². The van der Waals surface area contributed by atoms with Gasteiger partial charge in [0.25, 0.3) is 0 Å². The maximum absolute atomic E-state index is 10.4. The van der Waals surface area contributed by atoms with Crippen molar-refractivity contribution in [1.29, 1.82) is 0 Å². The summed E-state index contributed by atoms with van der Waals surface area (Å²) >= 11 is 0. The fourth-order valence-electron chi connectivity index (χ4n) is 4.47. The van der Waals surface area contributed by atoms with Gasteiger partial charge in [-0.05, 0) is 67.1 Å². The molecule has 0 spiro atoms. The minimum atomic E-state index is -0.665. The fraction of sp³-hybridized carbons (Fsp3) is 0.667. The van der Waals surface area contributed by atoms with Crippen LogP contribution in [0.1, 0.15) is 30.4 Å². The first-order chi connectivity index (χ1) is 10.6. The van der Waals surface area contributed by atoms with Gasteiger partial charge in [-0.25, -0.2) is 0 Å². The van der Waals surface area contributed by atoms with Crippen molar-refractivity contribution in [2.45, 2.75) is 44.3 Å². The van der Waals surface area contributed by atoms with E-state index >= 15 is 0 Å². The zero-order valence-electron chi connectivity index (χ0n) is 13.1. The van der Waals surface area contributed by atoms with Crippen LogP contribution < -0.4 is 4.74 Å². The van der Waals surface area contributed by atoms with Gasteiger partial charge in [0.1, 0.15) is 5.75 Å². The van der Waals surface area contributed by atoms with E-state index in [4.69, 9.17) is 9.84 Å². The highest BCUT2D eigenvalue weighted by molar-refractivity contribution is 5.43. The third-order valence-electron chi connectivity index (χ3n) is 5.61. The van der Waals surface area contributed by atoms with Gasteiger partial charge >= 0.3 is 0 Å². The van der Waals surface area contributed by atoms with E-state index in [2.05, 4.69) is 6.07 Å². The molecule has 4 nitrogen and oxygen atoms in total. The molecule has 3 N–H and O–H groups in total. The van der Waals surface area contributed by atoms with Gasteiger partial charge in [0, 0.05) is 0 Å². The zero-order chi connectivity index (χ0) is 15.7. The molecule has 1 fully saturated rings. The van der Waals surface area contributed by atoms with Crippen LogP contribution in [0.2, 0.25) is 0 Å². The number of hydrogen-bond donors (Lipinski definition) is 3. The fourth-order valence-corrected chi connectivity index (χ4v) is 4.47. The monoisotopic (exact) mass is 306 g/mol. The number of methoxy groups -OCH3 is 1. The highest BCUT2D eigenvalue weighted by atomic mass is 16.5. The second kappa shape index (κ2) is 6.57. The number of aliphatic hydroxyl groups is 3. The summed E-state index contributed by atoms with van der Waals surface area (Å²) < 4.78 is 5.48. The number of rotatable bonds is 5. The first kappa shape index (κ1) is 15.8. The van der Waals surface area contributed by atoms with Crippen LogP contribution in [0.25, 0.3) is 0 Å². The number of fused-ring (bicyclic) bond motifs is 2. The summed E-state index contributed by atoms with van der Waals surface area (Å²) in [5, 5.41) is 29.0. The van der Waals surface area contributed by atoms with E-state index in [9.17, 15) is 10.2 Å². The Bertz CT molecular complexity index is 516. The maximum Gasteiger partial charge on any atom is 0.122 e. The van der Waals surface area contributed by atoms with Crippen LogP contribution >= 0.6 is 0 Å². The summed E-state index contributed by atoms with van der Waals surface area (Å²) in [5.74, 6) is 2.16. The lowest BCUT2D eigenvalue weighted by molar-refractivity contribution is 0.0618. The van der Waals surface area contributed by atoms with Crippen LogP contribution in [0.4, 0.5) is 0 Å². The molecule has 0 heterocycles. The Labute approximate surface area is 131 Å². The summed E-state index contributed by atoms with van der Waals surface area (Å²) in [6.07, 6.45) is 3.18. The highest BCUT2D eigenvalue weighted by Gasteiger charge is 2.44. The molecule has 1 saturated carbocycles. The Balaban J connectivity index is 1.76. The van der Waals surface area contributed by atoms with Gasteiger partial charge in [0.2, 0.25) is 0 Å². The Morgan fingerprint density at radius 3 is 2.86 bits per heavy atom. The lowest BCUT2D eigenvalue weighted by Gasteiger charge is -2.32. The molecule has 0 bridgehead atoms. The molecule has 1 aromatic carbocycles. The molecule has 5 atom stereocenters. The number of hydrogen-bond acceptors (Lipinski definition) is 4. The van der Waals surface area contributed by atoms with Crippen molar-refractivity contribution in [2.24, 2.45) is 17.8 Å². The summed E-state index contributed by atoms with van der Waals surface area (Å²) in [4.78, 5) is 0. The molecule has 122 valence electrons. The van der Waals surface area contributed by atoms with E-state index in [1.54, 1.807) is 7.11 Å². The van der Waals surface area contributed by atoms with Crippen LogP contribution in [-0.4, -0.2) is 41.2 Å². The molecule has 0 aromatic heterocycles. The summed E-state index contributed by atoms with van der Waals surface area (Å²) in [6.45, 7) is -0.197. The molecule has 2 aliphatic carbocycles. The average molecular weight is 306 g/mol. The van der Waals surface area contributed by atoms with Crippen LogP contribution in [0.5, 0.6) is 5.75 Å². The van der Waals surface area contributed by atoms with Gasteiger partial charge in [-0.2, -0.15) is 0 Å². The topological polar surface area (TPSA) is 69.9 Å². The SMILES string of the molecule is COc1cccc2c1CC1CC(O)C(CCC(O)CO)C1C2. The van der Waals surface area contributed by atoms with E-state index in [0.717, 1.165) is 31.4 Å².